The van der Waals surface area contributed by atoms with Crippen LogP contribution in [-0.4, -0.2) is 45.6 Å². The van der Waals surface area contributed by atoms with Crippen molar-refractivity contribution in [2.45, 2.75) is 19.3 Å². The van der Waals surface area contributed by atoms with Crippen molar-refractivity contribution >= 4 is 57.5 Å². The summed E-state index contributed by atoms with van der Waals surface area (Å²) in [6, 6.07) is 14.4. The summed E-state index contributed by atoms with van der Waals surface area (Å²) in [7, 11) is 0. The second-order valence-corrected chi connectivity index (χ2v) is 9.95. The van der Waals surface area contributed by atoms with E-state index in [1.807, 2.05) is 34.6 Å². The first-order chi connectivity index (χ1) is 14.1. The first-order valence-corrected chi connectivity index (χ1v) is 11.8. The molecule has 3 heterocycles. The number of thioether (sulfide) groups is 1. The number of nitrogens with zero attached hydrogens (tertiary/aromatic N) is 2. The number of carbonyl (C=O) groups is 2. The minimum atomic E-state index is -0.166. The third-order valence-electron chi connectivity index (χ3n) is 5.32. The van der Waals surface area contributed by atoms with Gasteiger partial charge in [0, 0.05) is 18.0 Å². The van der Waals surface area contributed by atoms with Gasteiger partial charge in [-0.05, 0) is 48.3 Å². The maximum atomic E-state index is 12.8. The molecule has 0 aliphatic carbocycles. The summed E-state index contributed by atoms with van der Waals surface area (Å²) in [5.41, 5.74) is 1.35. The van der Waals surface area contributed by atoms with Crippen molar-refractivity contribution in [1.82, 2.24) is 9.80 Å². The van der Waals surface area contributed by atoms with E-state index in [1.165, 1.54) is 22.2 Å². The molecule has 4 rings (SSSR count). The molecular formula is C22H22N2O2S3. The minimum absolute atomic E-state index is 0.0168. The number of piperidine rings is 1. The zero-order valence-electron chi connectivity index (χ0n) is 16.0. The van der Waals surface area contributed by atoms with Crippen molar-refractivity contribution in [1.29, 1.82) is 0 Å². The maximum absolute atomic E-state index is 12.8. The Bertz CT molecular complexity index is 917. The lowest BCUT2D eigenvalue weighted by Gasteiger charge is -2.33. The molecule has 2 aliphatic rings. The third kappa shape index (κ3) is 4.97. The molecule has 0 saturated carbocycles. The van der Waals surface area contributed by atoms with Crippen LogP contribution in [0.5, 0.6) is 0 Å². The van der Waals surface area contributed by atoms with Crippen LogP contribution in [0, 0.1) is 5.92 Å². The molecule has 4 nitrogen and oxygen atoms in total. The number of likely N-dealkylation sites (tertiary alicyclic amines) is 1. The topological polar surface area (TPSA) is 40.6 Å². The van der Waals surface area contributed by atoms with Crippen molar-refractivity contribution in [3.8, 4) is 0 Å². The Morgan fingerprint density at radius 1 is 1.14 bits per heavy atom. The van der Waals surface area contributed by atoms with Crippen molar-refractivity contribution in [3.05, 3.63) is 63.2 Å². The molecule has 0 spiro atoms. The summed E-state index contributed by atoms with van der Waals surface area (Å²) in [6.45, 7) is 1.53. The Labute approximate surface area is 184 Å². The normalized spacial score (nSPS) is 19.4. The van der Waals surface area contributed by atoms with Crippen molar-refractivity contribution in [2.75, 3.05) is 19.6 Å². The summed E-state index contributed by atoms with van der Waals surface area (Å²) in [5.74, 6) is 0.421. The van der Waals surface area contributed by atoms with Crippen LogP contribution in [-0.2, 0) is 16.0 Å². The highest BCUT2D eigenvalue weighted by Crippen LogP contribution is 2.33. The molecule has 0 unspecified atom stereocenters. The fourth-order valence-corrected chi connectivity index (χ4v) is 5.69. The van der Waals surface area contributed by atoms with Crippen LogP contribution in [0.2, 0.25) is 0 Å². The van der Waals surface area contributed by atoms with Gasteiger partial charge in [-0.1, -0.05) is 60.4 Å². The minimum Gasteiger partial charge on any atom is -0.341 e. The molecule has 0 atom stereocenters. The van der Waals surface area contributed by atoms with Gasteiger partial charge in [0.2, 0.25) is 5.91 Å². The Hall–Kier alpha value is -1.96. The van der Waals surface area contributed by atoms with E-state index < -0.39 is 0 Å². The van der Waals surface area contributed by atoms with Crippen LogP contribution in [0.25, 0.3) is 6.08 Å². The average Bonchev–Trinajstić information content (AvgIpc) is 3.33. The molecule has 2 saturated heterocycles. The highest BCUT2D eigenvalue weighted by Gasteiger charge is 2.35. The fourth-order valence-electron chi connectivity index (χ4n) is 3.71. The first-order valence-electron chi connectivity index (χ1n) is 9.71. The van der Waals surface area contributed by atoms with Gasteiger partial charge in [0.1, 0.15) is 10.9 Å². The summed E-state index contributed by atoms with van der Waals surface area (Å²) >= 11 is 8.21. The van der Waals surface area contributed by atoms with Gasteiger partial charge in [0.05, 0.1) is 4.91 Å². The maximum Gasteiger partial charge on any atom is 0.266 e. The van der Waals surface area contributed by atoms with E-state index in [0.717, 1.165) is 37.2 Å². The first kappa shape index (κ1) is 20.3. The number of carbonyl (C=O) groups excluding carboxylic acids is 2. The highest BCUT2D eigenvalue weighted by atomic mass is 32.2. The Morgan fingerprint density at radius 3 is 2.59 bits per heavy atom. The molecule has 7 heteroatoms. The molecule has 0 radical (unpaired) electrons. The van der Waals surface area contributed by atoms with Crippen LogP contribution in [0.1, 0.15) is 23.3 Å². The number of amides is 2. The van der Waals surface area contributed by atoms with E-state index in [9.17, 15) is 9.59 Å². The molecule has 2 fully saturated rings. The van der Waals surface area contributed by atoms with Gasteiger partial charge in [-0.3, -0.25) is 14.5 Å². The van der Waals surface area contributed by atoms with Gasteiger partial charge in [-0.15, -0.1) is 11.3 Å². The van der Waals surface area contributed by atoms with Crippen molar-refractivity contribution < 1.29 is 9.59 Å². The molecular weight excluding hydrogens is 420 g/mol. The van der Waals surface area contributed by atoms with E-state index in [-0.39, 0.29) is 18.4 Å². The molecule has 150 valence electrons. The molecule has 29 heavy (non-hydrogen) atoms. The zero-order chi connectivity index (χ0) is 20.2. The molecule has 1 aromatic heterocycles. The number of hydrogen-bond donors (Lipinski definition) is 0. The smallest absolute Gasteiger partial charge is 0.266 e. The number of benzene rings is 1. The van der Waals surface area contributed by atoms with Crippen LogP contribution in [0.4, 0.5) is 0 Å². The quantitative estimate of drug-likeness (QED) is 0.507. The SMILES string of the molecule is O=C(CN1C(=O)/C(=C\c2cccs2)SC1=S)N1CCC(Cc2ccccc2)CC1. The lowest BCUT2D eigenvalue weighted by atomic mass is 9.90. The number of rotatable bonds is 5. The number of hydrogen-bond acceptors (Lipinski definition) is 5. The lowest BCUT2D eigenvalue weighted by Crippen LogP contribution is -2.45. The number of thiocarbonyl (C=S) groups is 1. The summed E-state index contributed by atoms with van der Waals surface area (Å²) in [6.07, 6.45) is 4.91. The van der Waals surface area contributed by atoms with Gasteiger partial charge >= 0.3 is 0 Å². The Kier molecular flexibility index (Phi) is 6.47. The van der Waals surface area contributed by atoms with Crippen LogP contribution in [0.3, 0.4) is 0 Å². The van der Waals surface area contributed by atoms with Gasteiger partial charge in [0.15, 0.2) is 0 Å². The second-order valence-electron chi connectivity index (χ2n) is 7.30. The van der Waals surface area contributed by atoms with E-state index >= 15 is 0 Å². The predicted molar refractivity (Wildman–Crippen MR) is 124 cm³/mol. The lowest BCUT2D eigenvalue weighted by molar-refractivity contribution is -0.136. The Balaban J connectivity index is 1.31. The van der Waals surface area contributed by atoms with E-state index in [1.54, 1.807) is 11.3 Å². The van der Waals surface area contributed by atoms with Crippen LogP contribution >= 0.6 is 35.3 Å². The summed E-state index contributed by atoms with van der Waals surface area (Å²) in [4.78, 5) is 30.4. The van der Waals surface area contributed by atoms with Gasteiger partial charge in [-0.2, -0.15) is 0 Å². The predicted octanol–water partition coefficient (Wildman–Crippen LogP) is 4.43. The molecule has 2 aliphatic heterocycles. The molecule has 2 amide bonds. The second kappa shape index (κ2) is 9.24. The molecule has 0 N–H and O–H groups in total. The van der Waals surface area contributed by atoms with Gasteiger partial charge in [0.25, 0.3) is 5.91 Å². The van der Waals surface area contributed by atoms with Gasteiger partial charge < -0.3 is 4.90 Å². The summed E-state index contributed by atoms with van der Waals surface area (Å²) in [5, 5.41) is 1.97. The molecule has 2 aromatic rings. The van der Waals surface area contributed by atoms with Crippen molar-refractivity contribution in [2.24, 2.45) is 5.92 Å². The highest BCUT2D eigenvalue weighted by molar-refractivity contribution is 8.26. The van der Waals surface area contributed by atoms with Crippen LogP contribution < -0.4 is 0 Å². The van der Waals surface area contributed by atoms with Crippen molar-refractivity contribution in [3.63, 3.8) is 0 Å². The van der Waals surface area contributed by atoms with Gasteiger partial charge in [-0.25, -0.2) is 0 Å². The average molecular weight is 443 g/mol. The summed E-state index contributed by atoms with van der Waals surface area (Å²) < 4.78 is 0.463. The zero-order valence-corrected chi connectivity index (χ0v) is 18.4. The fraction of sp³-hybridized carbons (Fsp3) is 0.318. The Morgan fingerprint density at radius 2 is 1.90 bits per heavy atom. The molecule has 1 aromatic carbocycles. The standard InChI is InChI=1S/C22H22N2O2S3/c25-20(23-10-8-17(9-11-23)13-16-5-2-1-3-6-16)15-24-21(26)19(29-22(24)27)14-18-7-4-12-28-18/h1-7,12,14,17H,8-11,13,15H2/b19-14+. The number of thiophene rings is 1. The molecule has 0 bridgehead atoms. The monoisotopic (exact) mass is 442 g/mol. The largest absolute Gasteiger partial charge is 0.341 e. The van der Waals surface area contributed by atoms with E-state index in [2.05, 4.69) is 24.3 Å². The van der Waals surface area contributed by atoms with Crippen LogP contribution in [0.15, 0.2) is 52.7 Å². The third-order valence-corrected chi connectivity index (χ3v) is 7.52. The van der Waals surface area contributed by atoms with E-state index in [0.29, 0.717) is 15.1 Å². The van der Waals surface area contributed by atoms with E-state index in [4.69, 9.17) is 12.2 Å².